The Bertz CT molecular complexity index is 593. The Morgan fingerprint density at radius 1 is 1.16 bits per heavy atom. The average Bonchev–Trinajstić information content (AvgIpc) is 2.97. The van der Waals surface area contributed by atoms with E-state index in [1.54, 1.807) is 0 Å². The Balaban J connectivity index is 1.96. The van der Waals surface area contributed by atoms with Crippen LogP contribution in [0.1, 0.15) is 25.1 Å². The molecule has 2 heteroatoms. The number of likely N-dealkylation sites (N-methyl/N-ethyl adjacent to an activating group) is 1. The van der Waals surface area contributed by atoms with Crippen LogP contribution in [0, 0.1) is 0 Å². The van der Waals surface area contributed by atoms with Crippen LogP contribution in [0.4, 0.5) is 5.69 Å². The third-order valence-corrected chi connectivity index (χ3v) is 4.21. The fourth-order valence-electron chi connectivity index (χ4n) is 3.13. The Morgan fingerprint density at radius 3 is 2.63 bits per heavy atom. The molecule has 0 saturated carbocycles. The number of nitrogens with one attached hydrogen (secondary N) is 1. The molecule has 0 aliphatic carbocycles. The van der Waals surface area contributed by atoms with Crippen molar-refractivity contribution in [1.82, 2.24) is 4.98 Å². The normalized spacial score (nSPS) is 21.0. The summed E-state index contributed by atoms with van der Waals surface area (Å²) in [6, 6.07) is 13.2. The quantitative estimate of drug-likeness (QED) is 0.860. The minimum Gasteiger partial charge on any atom is -0.367 e. The molecule has 0 spiro atoms. The summed E-state index contributed by atoms with van der Waals surface area (Å²) in [7, 11) is 2.18. The molecule has 0 fully saturated rings. The topological polar surface area (TPSA) is 19.0 Å². The van der Waals surface area contributed by atoms with Crippen LogP contribution in [-0.4, -0.2) is 18.1 Å². The first kappa shape index (κ1) is 12.1. The third kappa shape index (κ3) is 1.88. The molecule has 0 bridgehead atoms. The number of hydrogen-bond acceptors (Lipinski definition) is 1. The number of aromatic nitrogens is 1. The van der Waals surface area contributed by atoms with E-state index in [1.165, 1.54) is 11.3 Å². The summed E-state index contributed by atoms with van der Waals surface area (Å²) >= 11 is 0. The highest BCUT2D eigenvalue weighted by molar-refractivity contribution is 5.66. The summed E-state index contributed by atoms with van der Waals surface area (Å²) < 4.78 is 0. The lowest BCUT2D eigenvalue weighted by molar-refractivity contribution is 0.489. The number of hydrogen-bond donors (Lipinski definition) is 1. The lowest BCUT2D eigenvalue weighted by Crippen LogP contribution is -2.37. The van der Waals surface area contributed by atoms with Crippen LogP contribution in [0.15, 0.2) is 48.7 Å². The number of anilines is 1. The molecule has 1 aromatic heterocycles. The molecule has 1 aromatic carbocycles. The number of H-pyrrole nitrogens is 1. The summed E-state index contributed by atoms with van der Waals surface area (Å²) in [6.45, 7) is 4.64. The van der Waals surface area contributed by atoms with Gasteiger partial charge in [-0.1, -0.05) is 38.1 Å². The standard InChI is InChI=1S/C17H20N2/c1-17(2)14-8-4-5-9-15(14)19(3)16(17)11-10-13-7-6-12-18-13/h4-12,16,18H,1-3H3. The molecule has 1 atom stereocenters. The second-order valence-electron chi connectivity index (χ2n) is 5.78. The van der Waals surface area contributed by atoms with Crippen LogP contribution in [0.5, 0.6) is 0 Å². The van der Waals surface area contributed by atoms with E-state index < -0.39 is 0 Å². The number of rotatable bonds is 2. The lowest BCUT2D eigenvalue weighted by Gasteiger charge is -2.29. The third-order valence-electron chi connectivity index (χ3n) is 4.21. The van der Waals surface area contributed by atoms with Crippen LogP contribution in [0.2, 0.25) is 0 Å². The highest BCUT2D eigenvalue weighted by Crippen LogP contribution is 2.44. The van der Waals surface area contributed by atoms with Crippen LogP contribution in [0.3, 0.4) is 0 Å². The van der Waals surface area contributed by atoms with E-state index in [0.29, 0.717) is 6.04 Å². The molecule has 2 aromatic rings. The number of para-hydroxylation sites is 1. The van der Waals surface area contributed by atoms with E-state index in [9.17, 15) is 0 Å². The lowest BCUT2D eigenvalue weighted by atomic mass is 9.80. The van der Waals surface area contributed by atoms with E-state index in [-0.39, 0.29) is 5.41 Å². The molecule has 0 amide bonds. The largest absolute Gasteiger partial charge is 0.367 e. The van der Waals surface area contributed by atoms with E-state index in [4.69, 9.17) is 0 Å². The predicted octanol–water partition coefficient (Wildman–Crippen LogP) is 3.82. The van der Waals surface area contributed by atoms with Gasteiger partial charge in [-0.15, -0.1) is 0 Å². The highest BCUT2D eigenvalue weighted by Gasteiger charge is 2.41. The molecule has 0 radical (unpaired) electrons. The number of nitrogens with zero attached hydrogens (tertiary/aromatic N) is 1. The summed E-state index contributed by atoms with van der Waals surface area (Å²) in [5.74, 6) is 0. The average molecular weight is 252 g/mol. The minimum absolute atomic E-state index is 0.133. The molecule has 0 saturated heterocycles. The van der Waals surface area contributed by atoms with Crippen molar-refractivity contribution in [2.24, 2.45) is 0 Å². The Kier molecular flexibility index (Phi) is 2.74. The number of aromatic amines is 1. The van der Waals surface area contributed by atoms with E-state index in [0.717, 1.165) is 5.69 Å². The Morgan fingerprint density at radius 2 is 1.95 bits per heavy atom. The predicted molar refractivity (Wildman–Crippen MR) is 81.5 cm³/mol. The van der Waals surface area contributed by atoms with Crippen molar-refractivity contribution >= 4 is 11.8 Å². The number of fused-ring (bicyclic) bond motifs is 1. The van der Waals surface area contributed by atoms with Gasteiger partial charge in [0.2, 0.25) is 0 Å². The zero-order chi connectivity index (χ0) is 13.5. The molecular weight excluding hydrogens is 232 g/mol. The summed E-state index contributed by atoms with van der Waals surface area (Å²) in [5, 5.41) is 0. The van der Waals surface area contributed by atoms with Crippen molar-refractivity contribution in [3.63, 3.8) is 0 Å². The number of benzene rings is 1. The Labute approximate surface area is 114 Å². The van der Waals surface area contributed by atoms with Gasteiger partial charge in [0.15, 0.2) is 0 Å². The van der Waals surface area contributed by atoms with Crippen molar-refractivity contribution in [2.45, 2.75) is 25.3 Å². The SMILES string of the molecule is CN1c2ccccc2C(C)(C)C1C=Cc1ccc[nH]1. The summed E-state index contributed by atoms with van der Waals surface area (Å²) in [5.41, 5.74) is 4.06. The first-order valence-corrected chi connectivity index (χ1v) is 6.74. The van der Waals surface area contributed by atoms with Crippen molar-refractivity contribution in [2.75, 3.05) is 11.9 Å². The fourth-order valence-corrected chi connectivity index (χ4v) is 3.13. The summed E-state index contributed by atoms with van der Waals surface area (Å²) in [4.78, 5) is 5.59. The monoisotopic (exact) mass is 252 g/mol. The maximum absolute atomic E-state index is 3.22. The first-order chi connectivity index (χ1) is 9.10. The van der Waals surface area contributed by atoms with Crippen molar-refractivity contribution < 1.29 is 0 Å². The van der Waals surface area contributed by atoms with Gasteiger partial charge in [-0.25, -0.2) is 0 Å². The molecular formula is C17H20N2. The molecule has 1 unspecified atom stereocenters. The second kappa shape index (κ2) is 4.30. The molecule has 1 aliphatic rings. The van der Waals surface area contributed by atoms with Gasteiger partial charge in [-0.2, -0.15) is 0 Å². The smallest absolute Gasteiger partial charge is 0.0565 e. The molecule has 1 aliphatic heterocycles. The van der Waals surface area contributed by atoms with Crippen LogP contribution in [0.25, 0.3) is 6.08 Å². The molecule has 98 valence electrons. The second-order valence-corrected chi connectivity index (χ2v) is 5.78. The zero-order valence-corrected chi connectivity index (χ0v) is 11.7. The fraction of sp³-hybridized carbons (Fsp3) is 0.294. The van der Waals surface area contributed by atoms with Gasteiger partial charge in [-0.05, 0) is 29.8 Å². The molecule has 2 nitrogen and oxygen atoms in total. The maximum Gasteiger partial charge on any atom is 0.0565 e. The van der Waals surface area contributed by atoms with Crippen LogP contribution in [-0.2, 0) is 5.41 Å². The molecule has 3 rings (SSSR count). The zero-order valence-electron chi connectivity index (χ0n) is 11.7. The van der Waals surface area contributed by atoms with Gasteiger partial charge in [0.25, 0.3) is 0 Å². The van der Waals surface area contributed by atoms with Gasteiger partial charge in [-0.3, -0.25) is 0 Å². The minimum atomic E-state index is 0.133. The van der Waals surface area contributed by atoms with Crippen LogP contribution < -0.4 is 4.90 Å². The van der Waals surface area contributed by atoms with E-state index >= 15 is 0 Å². The van der Waals surface area contributed by atoms with Gasteiger partial charge < -0.3 is 9.88 Å². The van der Waals surface area contributed by atoms with Crippen molar-refractivity contribution in [1.29, 1.82) is 0 Å². The van der Waals surface area contributed by atoms with Crippen molar-refractivity contribution in [3.05, 3.63) is 59.9 Å². The van der Waals surface area contributed by atoms with Crippen molar-refractivity contribution in [3.8, 4) is 0 Å². The highest BCUT2D eigenvalue weighted by atomic mass is 15.2. The van der Waals surface area contributed by atoms with E-state index in [2.05, 4.69) is 73.3 Å². The molecule has 1 N–H and O–H groups in total. The summed E-state index contributed by atoms with van der Waals surface area (Å²) in [6.07, 6.45) is 6.43. The van der Waals surface area contributed by atoms with Gasteiger partial charge >= 0.3 is 0 Å². The van der Waals surface area contributed by atoms with Gasteiger partial charge in [0.1, 0.15) is 0 Å². The molecule has 19 heavy (non-hydrogen) atoms. The first-order valence-electron chi connectivity index (χ1n) is 6.74. The van der Waals surface area contributed by atoms with E-state index in [1.807, 2.05) is 12.3 Å². The Hall–Kier alpha value is -1.96. The van der Waals surface area contributed by atoms with Gasteiger partial charge in [0.05, 0.1) is 6.04 Å². The van der Waals surface area contributed by atoms with Gasteiger partial charge in [0, 0.05) is 30.0 Å². The van der Waals surface area contributed by atoms with Crippen LogP contribution >= 0.6 is 0 Å². The maximum atomic E-state index is 3.22. The molecule has 2 heterocycles.